The van der Waals surface area contributed by atoms with Gasteiger partial charge in [0.15, 0.2) is 0 Å². The van der Waals surface area contributed by atoms with Crippen LogP contribution < -0.4 is 5.32 Å². The van der Waals surface area contributed by atoms with E-state index < -0.39 is 5.97 Å². The van der Waals surface area contributed by atoms with Gasteiger partial charge in [-0.2, -0.15) is 0 Å². The number of hydrogen-bond acceptors (Lipinski definition) is 3. The Labute approximate surface area is 106 Å². The number of likely N-dealkylation sites (tertiary alicyclic amines) is 1. The number of nitrogens with zero attached hydrogens (tertiary/aromatic N) is 1. The predicted molar refractivity (Wildman–Crippen MR) is 64.2 cm³/mol. The summed E-state index contributed by atoms with van der Waals surface area (Å²) in [7, 11) is 0. The van der Waals surface area contributed by atoms with Crippen LogP contribution in [0.3, 0.4) is 0 Å². The summed E-state index contributed by atoms with van der Waals surface area (Å²) in [5, 5.41) is 11.7. The van der Waals surface area contributed by atoms with Crippen molar-refractivity contribution in [3.8, 4) is 0 Å². The second-order valence-corrected chi connectivity index (χ2v) is 5.21. The molecule has 0 spiro atoms. The molecule has 2 amide bonds. The molecular weight excluding hydrogens is 236 g/mol. The predicted octanol–water partition coefficient (Wildman–Crippen LogP) is 0.385. The normalized spacial score (nSPS) is 25.6. The Morgan fingerprint density at radius 1 is 1.50 bits per heavy atom. The summed E-state index contributed by atoms with van der Waals surface area (Å²) in [4.78, 5) is 24.2. The van der Waals surface area contributed by atoms with Gasteiger partial charge in [0.2, 0.25) is 0 Å². The lowest BCUT2D eigenvalue weighted by atomic mass is 9.87. The molecule has 0 aromatic heterocycles. The van der Waals surface area contributed by atoms with Gasteiger partial charge in [-0.05, 0) is 6.42 Å². The van der Waals surface area contributed by atoms with Gasteiger partial charge in [-0.1, -0.05) is 6.92 Å². The van der Waals surface area contributed by atoms with Gasteiger partial charge in [-0.15, -0.1) is 0 Å². The fourth-order valence-corrected chi connectivity index (χ4v) is 2.28. The van der Waals surface area contributed by atoms with Crippen LogP contribution in [-0.4, -0.2) is 54.9 Å². The van der Waals surface area contributed by atoms with E-state index in [1.54, 1.807) is 11.8 Å². The molecule has 18 heavy (non-hydrogen) atoms. The van der Waals surface area contributed by atoms with E-state index in [-0.39, 0.29) is 17.9 Å². The van der Waals surface area contributed by atoms with E-state index in [1.165, 1.54) is 0 Å². The minimum Gasteiger partial charge on any atom is -0.481 e. The third-order valence-electron chi connectivity index (χ3n) is 3.86. The van der Waals surface area contributed by atoms with Crippen molar-refractivity contribution in [2.45, 2.75) is 13.3 Å². The third kappa shape index (κ3) is 2.93. The number of amides is 2. The van der Waals surface area contributed by atoms with Crippen LogP contribution >= 0.6 is 0 Å². The van der Waals surface area contributed by atoms with Gasteiger partial charge in [-0.3, -0.25) is 4.79 Å². The number of hydrogen-bond donors (Lipinski definition) is 2. The highest BCUT2D eigenvalue weighted by Crippen LogP contribution is 2.24. The molecule has 0 aromatic rings. The Bertz CT molecular complexity index is 322. The fourth-order valence-electron chi connectivity index (χ4n) is 2.28. The Hall–Kier alpha value is -1.30. The van der Waals surface area contributed by atoms with Crippen LogP contribution in [-0.2, 0) is 9.53 Å². The monoisotopic (exact) mass is 256 g/mol. The largest absolute Gasteiger partial charge is 0.481 e. The minimum absolute atomic E-state index is 0.0862. The number of carbonyl (C=O) groups excluding carboxylic acids is 1. The van der Waals surface area contributed by atoms with Crippen LogP contribution in [0.15, 0.2) is 0 Å². The highest BCUT2D eigenvalue weighted by molar-refractivity contribution is 5.76. The van der Waals surface area contributed by atoms with Crippen LogP contribution in [0.2, 0.25) is 0 Å². The van der Waals surface area contributed by atoms with E-state index in [2.05, 4.69) is 5.32 Å². The zero-order valence-corrected chi connectivity index (χ0v) is 10.6. The molecule has 0 radical (unpaired) electrons. The molecular formula is C12H20N2O4. The summed E-state index contributed by atoms with van der Waals surface area (Å²) in [5.41, 5.74) is 0. The first-order valence-electron chi connectivity index (χ1n) is 6.41. The van der Waals surface area contributed by atoms with Crippen LogP contribution in [0.5, 0.6) is 0 Å². The molecule has 2 fully saturated rings. The lowest BCUT2D eigenvalue weighted by Gasteiger charge is -2.41. The van der Waals surface area contributed by atoms with Gasteiger partial charge < -0.3 is 20.1 Å². The smallest absolute Gasteiger partial charge is 0.317 e. The number of carboxylic acid groups (broad SMARTS) is 1. The quantitative estimate of drug-likeness (QED) is 0.762. The molecule has 2 heterocycles. The molecule has 2 aliphatic rings. The van der Waals surface area contributed by atoms with Gasteiger partial charge in [0.25, 0.3) is 0 Å². The van der Waals surface area contributed by atoms with Crippen LogP contribution in [0.1, 0.15) is 13.3 Å². The molecule has 2 unspecified atom stereocenters. The van der Waals surface area contributed by atoms with Crippen LogP contribution in [0.4, 0.5) is 4.79 Å². The average Bonchev–Trinajstić information content (AvgIpc) is 2.76. The average molecular weight is 256 g/mol. The van der Waals surface area contributed by atoms with Gasteiger partial charge in [0, 0.05) is 38.1 Å². The molecule has 2 rings (SSSR count). The fraction of sp³-hybridized carbons (Fsp3) is 0.833. The van der Waals surface area contributed by atoms with Crippen molar-refractivity contribution < 1.29 is 19.4 Å². The molecule has 2 saturated heterocycles. The first kappa shape index (κ1) is 13.1. The Morgan fingerprint density at radius 3 is 2.78 bits per heavy atom. The topological polar surface area (TPSA) is 78.9 Å². The Balaban J connectivity index is 1.65. The van der Waals surface area contributed by atoms with E-state index in [1.807, 2.05) is 0 Å². The van der Waals surface area contributed by atoms with Gasteiger partial charge in [-0.25, -0.2) is 4.79 Å². The van der Waals surface area contributed by atoms with Gasteiger partial charge in [0.1, 0.15) is 0 Å². The van der Waals surface area contributed by atoms with Crippen molar-refractivity contribution in [3.63, 3.8) is 0 Å². The number of rotatable bonds is 4. The second kappa shape index (κ2) is 5.56. The summed E-state index contributed by atoms with van der Waals surface area (Å²) < 4.78 is 5.23. The third-order valence-corrected chi connectivity index (χ3v) is 3.86. The van der Waals surface area contributed by atoms with E-state index in [0.29, 0.717) is 25.6 Å². The highest BCUT2D eigenvalue weighted by Gasteiger charge is 2.37. The molecule has 0 saturated carbocycles. The molecule has 6 heteroatoms. The number of carbonyl (C=O) groups is 2. The molecule has 2 atom stereocenters. The van der Waals surface area contributed by atoms with Crippen molar-refractivity contribution >= 4 is 12.0 Å². The van der Waals surface area contributed by atoms with E-state index in [4.69, 9.17) is 9.84 Å². The molecule has 6 nitrogen and oxygen atoms in total. The van der Waals surface area contributed by atoms with Crippen molar-refractivity contribution in [1.29, 1.82) is 0 Å². The van der Waals surface area contributed by atoms with Crippen molar-refractivity contribution in [1.82, 2.24) is 10.2 Å². The van der Waals surface area contributed by atoms with Crippen molar-refractivity contribution in [2.75, 3.05) is 32.8 Å². The lowest BCUT2D eigenvalue weighted by Crippen LogP contribution is -2.56. The molecule has 0 aromatic carbocycles. The molecule has 2 N–H and O–H groups in total. The summed E-state index contributed by atoms with van der Waals surface area (Å²) in [6, 6.07) is -0.0873. The van der Waals surface area contributed by atoms with E-state index >= 15 is 0 Å². The first-order valence-corrected chi connectivity index (χ1v) is 6.41. The summed E-state index contributed by atoms with van der Waals surface area (Å²) in [6.07, 6.45) is 0.999. The zero-order chi connectivity index (χ0) is 13.1. The first-order chi connectivity index (χ1) is 8.58. The van der Waals surface area contributed by atoms with Crippen molar-refractivity contribution in [2.24, 2.45) is 17.8 Å². The van der Waals surface area contributed by atoms with Crippen LogP contribution in [0, 0.1) is 17.8 Å². The maximum absolute atomic E-state index is 11.7. The maximum atomic E-state index is 11.7. The van der Waals surface area contributed by atoms with E-state index in [0.717, 1.165) is 19.6 Å². The van der Waals surface area contributed by atoms with Gasteiger partial charge >= 0.3 is 12.0 Å². The number of urea groups is 1. The second-order valence-electron chi connectivity index (χ2n) is 5.21. The number of ether oxygens (including phenoxy) is 1. The van der Waals surface area contributed by atoms with Crippen molar-refractivity contribution in [3.05, 3.63) is 0 Å². The number of carboxylic acids is 1. The number of nitrogens with one attached hydrogen (secondary N) is 1. The maximum Gasteiger partial charge on any atom is 0.317 e. The Kier molecular flexibility index (Phi) is 4.06. The van der Waals surface area contributed by atoms with Crippen LogP contribution in [0.25, 0.3) is 0 Å². The molecule has 0 aliphatic carbocycles. The standard InChI is InChI=1S/C12H20N2O4/c1-8(11(15)16)10-5-14(6-10)12(17)13-4-9-2-3-18-7-9/h8-10H,2-7H2,1H3,(H,13,17)(H,15,16). The SMILES string of the molecule is CC(C(=O)O)C1CN(C(=O)NCC2CCOC2)C1. The summed E-state index contributed by atoms with van der Waals surface area (Å²) in [5.74, 6) is -0.660. The van der Waals surface area contributed by atoms with E-state index in [9.17, 15) is 9.59 Å². The number of aliphatic carboxylic acids is 1. The lowest BCUT2D eigenvalue weighted by molar-refractivity contribution is -0.144. The molecule has 2 aliphatic heterocycles. The summed E-state index contributed by atoms with van der Waals surface area (Å²) >= 11 is 0. The summed E-state index contributed by atoms with van der Waals surface area (Å²) in [6.45, 7) is 4.93. The highest BCUT2D eigenvalue weighted by atomic mass is 16.5. The zero-order valence-electron chi connectivity index (χ0n) is 10.6. The minimum atomic E-state index is -0.789. The molecule has 102 valence electrons. The Morgan fingerprint density at radius 2 is 2.22 bits per heavy atom. The van der Waals surface area contributed by atoms with Gasteiger partial charge in [0.05, 0.1) is 12.5 Å². The molecule has 0 bridgehead atoms.